The van der Waals surface area contributed by atoms with E-state index in [0.29, 0.717) is 23.1 Å². The highest BCUT2D eigenvalue weighted by atomic mass is 32.2. The van der Waals surface area contributed by atoms with Crippen LogP contribution in [-0.2, 0) is 30.8 Å². The third-order valence-corrected chi connectivity index (χ3v) is 10.0. The number of ketones is 1. The van der Waals surface area contributed by atoms with Gasteiger partial charge in [-0.15, -0.1) is 5.10 Å². The number of hydrogen-bond acceptors (Lipinski definition) is 9. The Hall–Kier alpha value is -4.09. The third-order valence-electron chi connectivity index (χ3n) is 7.93. The molecule has 0 radical (unpaired) electrons. The van der Waals surface area contributed by atoms with Gasteiger partial charge in [0.25, 0.3) is 10.0 Å². The fourth-order valence-corrected chi connectivity index (χ4v) is 7.53. The van der Waals surface area contributed by atoms with Crippen LogP contribution in [0.4, 0.5) is 5.69 Å². The number of carbonyl (C=O) groups excluding carboxylic acids is 2. The second-order valence-corrected chi connectivity index (χ2v) is 13.2. The molecule has 1 saturated carbocycles. The summed E-state index contributed by atoms with van der Waals surface area (Å²) in [5, 5.41) is 15.2. The highest BCUT2D eigenvalue weighted by Crippen LogP contribution is 2.49. The second-order valence-electron chi connectivity index (χ2n) is 10.7. The van der Waals surface area contributed by atoms with Crippen LogP contribution in [0.25, 0.3) is 10.2 Å². The van der Waals surface area contributed by atoms with Gasteiger partial charge in [0, 0.05) is 17.5 Å². The number of hydrogen-bond donors (Lipinski definition) is 2. The van der Waals surface area contributed by atoms with Gasteiger partial charge in [0.1, 0.15) is 10.4 Å². The van der Waals surface area contributed by atoms with Crippen LogP contribution >= 0.6 is 11.5 Å². The summed E-state index contributed by atoms with van der Waals surface area (Å²) in [5.41, 5.74) is 2.12. The Morgan fingerprint density at radius 3 is 2.55 bits per heavy atom. The van der Waals surface area contributed by atoms with E-state index in [2.05, 4.69) is 14.3 Å². The van der Waals surface area contributed by atoms with Gasteiger partial charge in [-0.3, -0.25) is 9.52 Å². The lowest BCUT2D eigenvalue weighted by atomic mass is 9.81. The predicted octanol–water partition coefficient (Wildman–Crippen LogP) is 5.56. The number of benzene rings is 3. The molecule has 42 heavy (non-hydrogen) atoms. The van der Waals surface area contributed by atoms with Gasteiger partial charge < -0.3 is 9.84 Å². The van der Waals surface area contributed by atoms with Crippen LogP contribution in [0.2, 0.25) is 0 Å². The molecule has 3 atom stereocenters. The fourth-order valence-electron chi connectivity index (χ4n) is 5.67. The number of ether oxygens (including phenoxy) is 1. The number of rotatable bonds is 10. The van der Waals surface area contributed by atoms with Gasteiger partial charge in [-0.2, -0.15) is 0 Å². The maximum absolute atomic E-state index is 13.5. The molecule has 3 unspecified atom stereocenters. The molecule has 1 aliphatic carbocycles. The molecule has 9 nitrogen and oxygen atoms in total. The van der Waals surface area contributed by atoms with E-state index in [0.717, 1.165) is 29.9 Å². The summed E-state index contributed by atoms with van der Waals surface area (Å²) >= 11 is 1.11. The van der Waals surface area contributed by atoms with Gasteiger partial charge in [0.2, 0.25) is 5.78 Å². The maximum atomic E-state index is 13.5. The monoisotopic (exact) mass is 603 g/mol. The Bertz CT molecular complexity index is 1800. The van der Waals surface area contributed by atoms with Gasteiger partial charge in [-0.1, -0.05) is 59.9 Å². The Kier molecular flexibility index (Phi) is 7.54. The number of aromatic nitrogens is 2. The number of anilines is 1. The van der Waals surface area contributed by atoms with Gasteiger partial charge in [0.05, 0.1) is 10.3 Å². The number of cyclic esters (lactones) is 1. The van der Waals surface area contributed by atoms with E-state index in [9.17, 15) is 23.1 Å². The molecule has 0 saturated heterocycles. The number of esters is 1. The SMILES string of the molecule is CCC(Cc1ccccc1)C1OC(=O)C(C(c2cccc(NS(=O)(=O)c3cccc4snnc34)c2)C2CC2)=C(O)C1=O. The standard InChI is InChI=1S/C31H29N3O6S2/c1-2-19(16-18-8-4-3-5-9-18)30-29(36)28(35)26(31(37)40-30)25(20-14-15-20)21-10-6-11-22(17-21)33-42(38,39)24-13-7-12-23-27(24)32-34-41-23/h3-13,17,19-20,25,30,33,35H,2,14-16H2,1H3. The predicted molar refractivity (Wildman–Crippen MR) is 159 cm³/mol. The molecule has 0 bridgehead atoms. The summed E-state index contributed by atoms with van der Waals surface area (Å²) in [4.78, 5) is 26.9. The minimum Gasteiger partial charge on any atom is -0.504 e. The average molecular weight is 604 g/mol. The van der Waals surface area contributed by atoms with E-state index in [-0.39, 0.29) is 33.5 Å². The van der Waals surface area contributed by atoms with E-state index in [1.165, 1.54) is 6.07 Å². The number of aliphatic hydroxyl groups excluding tert-OH is 1. The first-order valence-corrected chi connectivity index (χ1v) is 16.1. The van der Waals surface area contributed by atoms with Crippen LogP contribution < -0.4 is 4.72 Å². The highest BCUT2D eigenvalue weighted by Gasteiger charge is 2.47. The largest absolute Gasteiger partial charge is 0.504 e. The van der Waals surface area contributed by atoms with Crippen molar-refractivity contribution in [2.45, 2.75) is 49.5 Å². The van der Waals surface area contributed by atoms with E-state index in [1.807, 2.05) is 37.3 Å². The number of carbonyl (C=O) groups is 2. The van der Waals surface area contributed by atoms with Gasteiger partial charge in [-0.05, 0) is 78.5 Å². The molecule has 1 aliphatic heterocycles. The molecule has 0 spiro atoms. The summed E-state index contributed by atoms with van der Waals surface area (Å²) < 4.78 is 39.5. The van der Waals surface area contributed by atoms with E-state index in [1.54, 1.807) is 36.4 Å². The topological polar surface area (TPSA) is 136 Å². The van der Waals surface area contributed by atoms with Crippen LogP contribution in [0, 0.1) is 11.8 Å². The molecule has 2 heterocycles. The number of nitrogens with one attached hydrogen (secondary N) is 1. The third kappa shape index (κ3) is 5.41. The molecule has 3 aromatic carbocycles. The minimum absolute atomic E-state index is 0.00623. The highest BCUT2D eigenvalue weighted by molar-refractivity contribution is 7.93. The van der Waals surface area contributed by atoms with Crippen molar-refractivity contribution in [3.05, 3.63) is 95.3 Å². The Morgan fingerprint density at radius 1 is 1.05 bits per heavy atom. The molecule has 4 aromatic rings. The van der Waals surface area contributed by atoms with Crippen molar-refractivity contribution in [1.82, 2.24) is 9.59 Å². The molecular weight excluding hydrogens is 574 g/mol. The molecule has 2 N–H and O–H groups in total. The average Bonchev–Trinajstić information content (AvgIpc) is 3.70. The number of Topliss-reactive ketones (excluding diaryl/α,β-unsaturated/α-hetero) is 1. The number of nitrogens with zero attached hydrogens (tertiary/aromatic N) is 2. The van der Waals surface area contributed by atoms with Crippen molar-refractivity contribution in [2.75, 3.05) is 4.72 Å². The van der Waals surface area contributed by atoms with E-state index >= 15 is 0 Å². The zero-order chi connectivity index (χ0) is 29.4. The fraction of sp³-hybridized carbons (Fsp3) is 0.290. The molecule has 11 heteroatoms. The summed E-state index contributed by atoms with van der Waals surface area (Å²) in [7, 11) is -4.01. The number of sulfonamides is 1. The first-order valence-electron chi connectivity index (χ1n) is 13.8. The summed E-state index contributed by atoms with van der Waals surface area (Å²) in [6, 6.07) is 21.2. The van der Waals surface area contributed by atoms with Crippen molar-refractivity contribution < 1.29 is 27.9 Å². The van der Waals surface area contributed by atoms with Crippen LogP contribution in [0.15, 0.2) is 89.0 Å². The van der Waals surface area contributed by atoms with Crippen molar-refractivity contribution in [1.29, 1.82) is 0 Å². The molecule has 1 aromatic heterocycles. The zero-order valence-corrected chi connectivity index (χ0v) is 24.4. The van der Waals surface area contributed by atoms with Crippen LogP contribution in [0.3, 0.4) is 0 Å². The molecule has 0 amide bonds. The Morgan fingerprint density at radius 2 is 1.81 bits per heavy atom. The second kappa shape index (κ2) is 11.3. The maximum Gasteiger partial charge on any atom is 0.339 e. The summed E-state index contributed by atoms with van der Waals surface area (Å²) in [6.07, 6.45) is 1.63. The summed E-state index contributed by atoms with van der Waals surface area (Å²) in [5.74, 6) is -2.77. The zero-order valence-electron chi connectivity index (χ0n) is 22.8. The van der Waals surface area contributed by atoms with Crippen molar-refractivity contribution in [3.8, 4) is 0 Å². The molecule has 6 rings (SSSR count). The van der Waals surface area contributed by atoms with E-state index in [4.69, 9.17) is 4.74 Å². The lowest BCUT2D eigenvalue weighted by molar-refractivity contribution is -0.158. The van der Waals surface area contributed by atoms with Crippen LogP contribution in [0.1, 0.15) is 43.2 Å². The lowest BCUT2D eigenvalue weighted by Crippen LogP contribution is -2.42. The van der Waals surface area contributed by atoms with Crippen molar-refractivity contribution >= 4 is 49.2 Å². The molecule has 2 aliphatic rings. The number of fused-ring (bicyclic) bond motifs is 1. The first kappa shape index (κ1) is 28.0. The van der Waals surface area contributed by atoms with Gasteiger partial charge in [0.15, 0.2) is 11.9 Å². The molecule has 216 valence electrons. The van der Waals surface area contributed by atoms with E-state index < -0.39 is 39.6 Å². The first-order chi connectivity index (χ1) is 20.3. The molecular formula is C31H29N3O6S2. The normalized spacial score (nSPS) is 19.0. The van der Waals surface area contributed by atoms with Crippen molar-refractivity contribution in [2.24, 2.45) is 11.8 Å². The molecule has 1 fully saturated rings. The Labute approximate surface area is 247 Å². The van der Waals surface area contributed by atoms with Gasteiger partial charge >= 0.3 is 5.97 Å². The Balaban J connectivity index is 1.29. The van der Waals surface area contributed by atoms with Gasteiger partial charge in [-0.25, -0.2) is 13.2 Å². The summed E-state index contributed by atoms with van der Waals surface area (Å²) in [6.45, 7) is 1.93. The minimum atomic E-state index is -4.01. The van der Waals surface area contributed by atoms with Crippen molar-refractivity contribution in [3.63, 3.8) is 0 Å². The smallest absolute Gasteiger partial charge is 0.339 e. The quantitative estimate of drug-likeness (QED) is 0.225. The number of aliphatic hydroxyl groups is 1. The van der Waals surface area contributed by atoms with Crippen LogP contribution in [-0.4, -0.2) is 41.0 Å². The lowest BCUT2D eigenvalue weighted by Gasteiger charge is -2.31. The van der Waals surface area contributed by atoms with Crippen LogP contribution in [0.5, 0.6) is 0 Å².